The van der Waals surface area contributed by atoms with Crippen LogP contribution in [0.15, 0.2) is 12.3 Å². The largest absolute Gasteiger partial charge is 0.503 e. The number of carbonyl (C=O) groups excluding carboxylic acids is 2. The molecule has 2 aliphatic rings. The van der Waals surface area contributed by atoms with E-state index < -0.39 is 23.2 Å². The Morgan fingerprint density at radius 2 is 1.88 bits per heavy atom. The third-order valence-electron chi connectivity index (χ3n) is 4.19. The van der Waals surface area contributed by atoms with Crippen molar-refractivity contribution < 1.29 is 27.9 Å². The number of fused-ring (bicyclic) bond motifs is 1. The molecule has 1 saturated carbocycles. The third-order valence-corrected chi connectivity index (χ3v) is 5.20. The van der Waals surface area contributed by atoms with Crippen LogP contribution < -0.4 is 0 Å². The SMILES string of the molecule is O=C1C2C[C@@H]2C(=O)N1Cc1cnc(-c2cc(F)c(F)c(O)c2F)s1. The summed E-state index contributed by atoms with van der Waals surface area (Å²) in [5, 5.41) is 9.27. The number of hydrogen-bond donors (Lipinski definition) is 1. The highest BCUT2D eigenvalue weighted by Crippen LogP contribution is 2.47. The second kappa shape index (κ2) is 5.04. The van der Waals surface area contributed by atoms with Gasteiger partial charge in [-0.3, -0.25) is 14.5 Å². The minimum atomic E-state index is -1.67. The lowest BCUT2D eigenvalue weighted by Gasteiger charge is -2.14. The van der Waals surface area contributed by atoms with Crippen molar-refractivity contribution >= 4 is 23.2 Å². The number of benzene rings is 1. The smallest absolute Gasteiger partial charge is 0.233 e. The van der Waals surface area contributed by atoms with Crippen LogP contribution in [-0.4, -0.2) is 26.8 Å². The van der Waals surface area contributed by atoms with Crippen LogP contribution in [0.25, 0.3) is 10.6 Å². The molecule has 1 aliphatic heterocycles. The summed E-state index contributed by atoms with van der Waals surface area (Å²) in [6.07, 6.45) is 1.93. The summed E-state index contributed by atoms with van der Waals surface area (Å²) < 4.78 is 40.4. The lowest BCUT2D eigenvalue weighted by Crippen LogP contribution is -2.31. The molecule has 1 aromatic carbocycles. The van der Waals surface area contributed by atoms with Gasteiger partial charge >= 0.3 is 0 Å². The number of amides is 2. The first-order valence-electron chi connectivity index (χ1n) is 7.05. The lowest BCUT2D eigenvalue weighted by molar-refractivity contribution is -0.141. The van der Waals surface area contributed by atoms with Gasteiger partial charge in [-0.15, -0.1) is 11.3 Å². The number of hydrogen-bond acceptors (Lipinski definition) is 5. The van der Waals surface area contributed by atoms with E-state index in [1.54, 1.807) is 0 Å². The molecule has 2 heterocycles. The maximum atomic E-state index is 13.9. The number of likely N-dealkylation sites (tertiary alicyclic amines) is 1. The maximum absolute atomic E-state index is 13.9. The normalized spacial score (nSPS) is 22.2. The van der Waals surface area contributed by atoms with Crippen molar-refractivity contribution in [2.24, 2.45) is 11.8 Å². The molecule has 0 bridgehead atoms. The number of carbonyl (C=O) groups is 2. The second-order valence-electron chi connectivity index (χ2n) is 5.73. The van der Waals surface area contributed by atoms with Gasteiger partial charge in [-0.1, -0.05) is 0 Å². The van der Waals surface area contributed by atoms with Gasteiger partial charge in [0.1, 0.15) is 5.01 Å². The molecule has 24 heavy (non-hydrogen) atoms. The molecule has 1 unspecified atom stereocenters. The molecule has 1 saturated heterocycles. The number of imide groups is 1. The fraction of sp³-hybridized carbons (Fsp3) is 0.267. The van der Waals surface area contributed by atoms with Crippen LogP contribution in [-0.2, 0) is 16.1 Å². The molecule has 124 valence electrons. The number of thiazole rings is 1. The third kappa shape index (κ3) is 2.11. The number of piperidine rings is 1. The van der Waals surface area contributed by atoms with Crippen molar-refractivity contribution in [1.82, 2.24) is 9.88 Å². The van der Waals surface area contributed by atoms with Crippen molar-refractivity contribution in [3.63, 3.8) is 0 Å². The minimum absolute atomic E-state index is 0.0135. The summed E-state index contributed by atoms with van der Waals surface area (Å²) in [4.78, 5) is 29.4. The van der Waals surface area contributed by atoms with Crippen molar-refractivity contribution in [2.45, 2.75) is 13.0 Å². The van der Waals surface area contributed by atoms with Crippen LogP contribution in [0.5, 0.6) is 5.75 Å². The van der Waals surface area contributed by atoms with Crippen LogP contribution in [0.4, 0.5) is 13.2 Å². The molecule has 1 aliphatic carbocycles. The Labute approximate surface area is 137 Å². The molecular weight excluding hydrogens is 345 g/mol. The monoisotopic (exact) mass is 354 g/mol. The first-order valence-corrected chi connectivity index (χ1v) is 7.87. The number of halogens is 3. The first kappa shape index (κ1) is 15.1. The summed E-state index contributed by atoms with van der Waals surface area (Å²) >= 11 is 0.933. The van der Waals surface area contributed by atoms with Gasteiger partial charge in [-0.05, 0) is 12.5 Å². The van der Waals surface area contributed by atoms with Gasteiger partial charge in [0.05, 0.1) is 23.9 Å². The topological polar surface area (TPSA) is 70.5 Å². The van der Waals surface area contributed by atoms with E-state index in [2.05, 4.69) is 4.98 Å². The number of aromatic hydroxyl groups is 1. The highest BCUT2D eigenvalue weighted by Gasteiger charge is 2.58. The van der Waals surface area contributed by atoms with E-state index in [0.717, 1.165) is 16.2 Å². The predicted octanol–water partition coefficient (Wildman–Crippen LogP) is 2.44. The summed E-state index contributed by atoms with van der Waals surface area (Å²) in [6.45, 7) is 0.0135. The van der Waals surface area contributed by atoms with Gasteiger partial charge in [-0.25, -0.2) is 13.8 Å². The van der Waals surface area contributed by atoms with Gasteiger partial charge in [0.15, 0.2) is 17.4 Å². The number of nitrogens with zero attached hydrogens (tertiary/aromatic N) is 2. The number of aromatic nitrogens is 1. The average molecular weight is 354 g/mol. The molecule has 1 aromatic heterocycles. The molecule has 4 rings (SSSR count). The highest BCUT2D eigenvalue weighted by atomic mass is 32.1. The Hall–Kier alpha value is -2.42. The van der Waals surface area contributed by atoms with Crippen LogP contribution in [0.2, 0.25) is 0 Å². The number of phenolic OH excluding ortho intramolecular Hbond substituents is 1. The Morgan fingerprint density at radius 3 is 2.54 bits per heavy atom. The first-order chi connectivity index (χ1) is 11.4. The highest BCUT2D eigenvalue weighted by molar-refractivity contribution is 7.15. The van der Waals surface area contributed by atoms with Gasteiger partial charge in [0.2, 0.25) is 17.6 Å². The average Bonchev–Trinajstić information content (AvgIpc) is 3.17. The zero-order valence-corrected chi connectivity index (χ0v) is 12.7. The van der Waals surface area contributed by atoms with Crippen molar-refractivity contribution in [2.75, 3.05) is 0 Å². The second-order valence-corrected chi connectivity index (χ2v) is 6.84. The molecule has 2 fully saturated rings. The molecule has 2 aromatic rings. The maximum Gasteiger partial charge on any atom is 0.233 e. The molecule has 2 atom stereocenters. The Morgan fingerprint density at radius 1 is 1.21 bits per heavy atom. The van der Waals surface area contributed by atoms with Gasteiger partial charge in [-0.2, -0.15) is 4.39 Å². The fourth-order valence-corrected chi connectivity index (χ4v) is 3.72. The van der Waals surface area contributed by atoms with Crippen molar-refractivity contribution in [3.05, 3.63) is 34.6 Å². The molecule has 5 nitrogen and oxygen atoms in total. The van der Waals surface area contributed by atoms with E-state index in [0.29, 0.717) is 17.4 Å². The molecule has 9 heteroatoms. The van der Waals surface area contributed by atoms with Gasteiger partial charge in [0, 0.05) is 11.1 Å². The van der Waals surface area contributed by atoms with E-state index >= 15 is 0 Å². The summed E-state index contributed by atoms with van der Waals surface area (Å²) in [6, 6.07) is 0.606. The zero-order chi connectivity index (χ0) is 17.2. The van der Waals surface area contributed by atoms with Crippen LogP contribution in [0.3, 0.4) is 0 Å². The van der Waals surface area contributed by atoms with E-state index in [1.807, 2.05) is 0 Å². The van der Waals surface area contributed by atoms with Crippen LogP contribution >= 0.6 is 11.3 Å². The molecule has 0 radical (unpaired) electrons. The fourth-order valence-electron chi connectivity index (χ4n) is 2.81. The summed E-state index contributed by atoms with van der Waals surface area (Å²) in [5.41, 5.74) is -0.385. The van der Waals surface area contributed by atoms with E-state index in [9.17, 15) is 27.9 Å². The molecule has 2 amide bonds. The quantitative estimate of drug-likeness (QED) is 0.679. The van der Waals surface area contributed by atoms with E-state index in [1.165, 1.54) is 6.20 Å². The molecule has 0 spiro atoms. The van der Waals surface area contributed by atoms with Crippen molar-refractivity contribution in [3.8, 4) is 16.3 Å². The Kier molecular flexibility index (Phi) is 3.17. The Balaban J connectivity index is 1.62. The number of phenols is 1. The molecular formula is C15H9F3N2O3S. The van der Waals surface area contributed by atoms with E-state index in [4.69, 9.17) is 0 Å². The molecule has 1 N–H and O–H groups in total. The van der Waals surface area contributed by atoms with Crippen LogP contribution in [0, 0.1) is 29.3 Å². The summed E-state index contributed by atoms with van der Waals surface area (Å²) in [7, 11) is 0. The Bertz CT molecular complexity index is 878. The van der Waals surface area contributed by atoms with Gasteiger partial charge in [0.25, 0.3) is 0 Å². The summed E-state index contributed by atoms with van der Waals surface area (Å²) in [5.74, 6) is -6.67. The lowest BCUT2D eigenvalue weighted by atomic mass is 10.2. The predicted molar refractivity (Wildman–Crippen MR) is 76.2 cm³/mol. The van der Waals surface area contributed by atoms with Crippen molar-refractivity contribution in [1.29, 1.82) is 0 Å². The minimum Gasteiger partial charge on any atom is -0.503 e. The number of rotatable bonds is 3. The van der Waals surface area contributed by atoms with Gasteiger partial charge < -0.3 is 5.11 Å². The van der Waals surface area contributed by atoms with E-state index in [-0.39, 0.29) is 40.8 Å². The zero-order valence-electron chi connectivity index (χ0n) is 11.9. The van der Waals surface area contributed by atoms with Crippen LogP contribution in [0.1, 0.15) is 11.3 Å². The standard InChI is InChI=1S/C15H9F3N2O3S/c16-9-2-8(10(17)12(21)11(9)18)13-19-3-5(24-13)4-20-14(22)6-1-7(6)15(20)23/h2-3,6-7,21H,1,4H2/t6-,7?/m0/s1.